The number of halogens is 1. The fourth-order valence-electron chi connectivity index (χ4n) is 0.966. The van der Waals surface area contributed by atoms with Crippen molar-refractivity contribution in [2.75, 3.05) is 0 Å². The average Bonchev–Trinajstić information content (AvgIpc) is 2.83. The molecular formula is C8H4ClN3O3S. The monoisotopic (exact) mass is 257 g/mol. The van der Waals surface area contributed by atoms with Gasteiger partial charge in [-0.1, -0.05) is 11.3 Å². The second-order valence-electron chi connectivity index (χ2n) is 2.66. The Kier molecular flexibility index (Phi) is 2.97. The predicted octanol–water partition coefficient (Wildman–Crippen LogP) is 2.86. The van der Waals surface area contributed by atoms with Crippen LogP contribution >= 0.6 is 22.9 Å². The Morgan fingerprint density at radius 1 is 1.44 bits per heavy atom. The van der Waals surface area contributed by atoms with Crippen LogP contribution in [-0.4, -0.2) is 15.1 Å². The van der Waals surface area contributed by atoms with Gasteiger partial charge in [0.05, 0.1) is 6.07 Å². The third-order valence-electron chi connectivity index (χ3n) is 1.60. The van der Waals surface area contributed by atoms with E-state index in [9.17, 15) is 10.1 Å². The van der Waals surface area contributed by atoms with Crippen molar-refractivity contribution in [1.29, 1.82) is 0 Å². The maximum Gasteiger partial charge on any atom is 0.433 e. The average molecular weight is 258 g/mol. The minimum Gasteiger partial charge on any atom is -0.401 e. The lowest BCUT2D eigenvalue weighted by Gasteiger charge is -1.83. The molecule has 16 heavy (non-hydrogen) atoms. The first-order valence-corrected chi connectivity index (χ1v) is 5.26. The molecule has 2 rings (SSSR count). The SMILES string of the molecule is O=[N+]([O-])c1ccc(C=Cc2nnc(Cl)s2)o1. The van der Waals surface area contributed by atoms with E-state index in [4.69, 9.17) is 16.0 Å². The van der Waals surface area contributed by atoms with Crippen LogP contribution in [-0.2, 0) is 0 Å². The fourth-order valence-corrected chi connectivity index (χ4v) is 1.71. The van der Waals surface area contributed by atoms with Crippen molar-refractivity contribution < 1.29 is 9.34 Å². The normalized spacial score (nSPS) is 11.1. The van der Waals surface area contributed by atoms with E-state index < -0.39 is 4.92 Å². The lowest BCUT2D eigenvalue weighted by Crippen LogP contribution is -1.82. The van der Waals surface area contributed by atoms with Gasteiger partial charge in [0.2, 0.25) is 4.47 Å². The Labute approximate surface area is 98.3 Å². The van der Waals surface area contributed by atoms with Crippen molar-refractivity contribution in [1.82, 2.24) is 10.2 Å². The molecule has 82 valence electrons. The van der Waals surface area contributed by atoms with E-state index in [2.05, 4.69) is 10.2 Å². The Balaban J connectivity index is 2.14. The van der Waals surface area contributed by atoms with Crippen LogP contribution in [0.15, 0.2) is 16.5 Å². The molecule has 8 heteroatoms. The Morgan fingerprint density at radius 3 is 2.81 bits per heavy atom. The molecular weight excluding hydrogens is 254 g/mol. The summed E-state index contributed by atoms with van der Waals surface area (Å²) >= 11 is 6.79. The van der Waals surface area contributed by atoms with Crippen molar-refractivity contribution in [3.8, 4) is 0 Å². The minimum atomic E-state index is -0.598. The lowest BCUT2D eigenvalue weighted by molar-refractivity contribution is -0.402. The molecule has 0 saturated heterocycles. The first-order valence-electron chi connectivity index (χ1n) is 4.06. The second kappa shape index (κ2) is 4.42. The van der Waals surface area contributed by atoms with Gasteiger partial charge in [0, 0.05) is 0 Å². The molecule has 2 heterocycles. The van der Waals surface area contributed by atoms with Crippen molar-refractivity contribution >= 4 is 41.0 Å². The number of furan rings is 1. The minimum absolute atomic E-state index is 0.296. The maximum absolute atomic E-state index is 10.3. The number of hydrogen-bond acceptors (Lipinski definition) is 6. The molecule has 0 N–H and O–H groups in total. The summed E-state index contributed by atoms with van der Waals surface area (Å²) in [6, 6.07) is 2.78. The van der Waals surface area contributed by atoms with Crippen molar-refractivity contribution in [2.45, 2.75) is 0 Å². The lowest BCUT2D eigenvalue weighted by atomic mass is 10.4. The summed E-state index contributed by atoms with van der Waals surface area (Å²) in [6.07, 6.45) is 3.18. The standard InChI is InChI=1S/C8H4ClN3O3S/c9-8-11-10-6(16-8)3-1-5-2-4-7(15-5)12(13)14/h1-4H. The molecule has 0 saturated carbocycles. The predicted molar refractivity (Wildman–Crippen MR) is 59.2 cm³/mol. The maximum atomic E-state index is 10.3. The quantitative estimate of drug-likeness (QED) is 0.624. The smallest absolute Gasteiger partial charge is 0.401 e. The van der Waals surface area contributed by atoms with Gasteiger partial charge in [-0.15, -0.1) is 10.2 Å². The van der Waals surface area contributed by atoms with Gasteiger partial charge >= 0.3 is 5.88 Å². The van der Waals surface area contributed by atoms with E-state index in [0.717, 1.165) is 0 Å². The van der Waals surface area contributed by atoms with Gasteiger partial charge < -0.3 is 4.42 Å². The van der Waals surface area contributed by atoms with E-state index in [0.29, 0.717) is 15.2 Å². The van der Waals surface area contributed by atoms with Crippen LogP contribution in [0.3, 0.4) is 0 Å². The molecule has 0 unspecified atom stereocenters. The highest BCUT2D eigenvalue weighted by atomic mass is 35.5. The third-order valence-corrected chi connectivity index (χ3v) is 2.58. The van der Waals surface area contributed by atoms with Crippen LogP contribution in [0, 0.1) is 10.1 Å². The molecule has 0 fully saturated rings. The Morgan fingerprint density at radius 2 is 2.25 bits per heavy atom. The number of hydrogen-bond donors (Lipinski definition) is 0. The number of aromatic nitrogens is 2. The van der Waals surface area contributed by atoms with Crippen LogP contribution in [0.1, 0.15) is 10.8 Å². The summed E-state index contributed by atoms with van der Waals surface area (Å²) in [7, 11) is 0. The highest BCUT2D eigenvalue weighted by Crippen LogP contribution is 2.20. The van der Waals surface area contributed by atoms with E-state index >= 15 is 0 Å². The zero-order valence-electron chi connectivity index (χ0n) is 7.66. The summed E-state index contributed by atoms with van der Waals surface area (Å²) in [5, 5.41) is 18.3. The molecule has 6 nitrogen and oxygen atoms in total. The number of nitrogens with zero attached hydrogens (tertiary/aromatic N) is 3. The van der Waals surface area contributed by atoms with Crippen molar-refractivity contribution in [2.24, 2.45) is 0 Å². The highest BCUT2D eigenvalue weighted by molar-refractivity contribution is 7.16. The second-order valence-corrected chi connectivity index (χ2v) is 4.25. The largest absolute Gasteiger partial charge is 0.433 e. The summed E-state index contributed by atoms with van der Waals surface area (Å²) in [6.45, 7) is 0. The molecule has 0 aliphatic rings. The van der Waals surface area contributed by atoms with E-state index in [1.54, 1.807) is 12.2 Å². The molecule has 0 aliphatic carbocycles. The first kappa shape index (κ1) is 10.8. The summed E-state index contributed by atoms with van der Waals surface area (Å²) < 4.78 is 5.25. The van der Waals surface area contributed by atoms with Crippen molar-refractivity contribution in [3.05, 3.63) is 37.5 Å². The molecule has 2 aromatic heterocycles. The molecule has 0 radical (unpaired) electrons. The zero-order chi connectivity index (χ0) is 11.5. The summed E-state index contributed by atoms with van der Waals surface area (Å²) in [5.41, 5.74) is 0. The third kappa shape index (κ3) is 2.44. The van der Waals surface area contributed by atoms with Crippen LogP contribution in [0.2, 0.25) is 4.47 Å². The van der Waals surface area contributed by atoms with Gasteiger partial charge in [0.15, 0.2) is 0 Å². The molecule has 0 bridgehead atoms. The van der Waals surface area contributed by atoms with Gasteiger partial charge in [-0.3, -0.25) is 10.1 Å². The Bertz CT molecular complexity index is 548. The topological polar surface area (TPSA) is 82.1 Å². The molecule has 0 atom stereocenters. The molecule has 0 aliphatic heterocycles. The number of rotatable bonds is 3. The highest BCUT2D eigenvalue weighted by Gasteiger charge is 2.09. The zero-order valence-corrected chi connectivity index (χ0v) is 9.23. The van der Waals surface area contributed by atoms with E-state index in [-0.39, 0.29) is 5.88 Å². The fraction of sp³-hybridized carbons (Fsp3) is 0. The van der Waals surface area contributed by atoms with Gasteiger partial charge in [-0.05, 0) is 29.8 Å². The van der Waals surface area contributed by atoms with E-state index in [1.165, 1.54) is 23.5 Å². The molecule has 0 amide bonds. The first-order chi connectivity index (χ1) is 7.65. The number of nitro groups is 1. The van der Waals surface area contributed by atoms with Gasteiger partial charge in [-0.25, -0.2) is 0 Å². The molecule has 2 aromatic rings. The van der Waals surface area contributed by atoms with Gasteiger partial charge in [0.25, 0.3) is 0 Å². The van der Waals surface area contributed by atoms with Gasteiger partial charge in [0.1, 0.15) is 15.7 Å². The Hall–Kier alpha value is -1.73. The summed E-state index contributed by atoms with van der Waals surface area (Å²) in [4.78, 5) is 9.74. The molecule has 0 spiro atoms. The van der Waals surface area contributed by atoms with Crippen LogP contribution in [0.5, 0.6) is 0 Å². The summed E-state index contributed by atoms with van der Waals surface area (Å²) in [5.74, 6) is 0.0768. The van der Waals surface area contributed by atoms with Crippen LogP contribution in [0.4, 0.5) is 5.88 Å². The van der Waals surface area contributed by atoms with Crippen LogP contribution < -0.4 is 0 Å². The molecule has 0 aromatic carbocycles. The van der Waals surface area contributed by atoms with Crippen LogP contribution in [0.25, 0.3) is 12.2 Å². The van der Waals surface area contributed by atoms with E-state index in [1.807, 2.05) is 0 Å². The van der Waals surface area contributed by atoms with Gasteiger partial charge in [-0.2, -0.15) is 0 Å². The van der Waals surface area contributed by atoms with Crippen molar-refractivity contribution in [3.63, 3.8) is 0 Å².